The molecule has 1 aliphatic rings. The number of rotatable bonds is 2. The molecule has 0 atom stereocenters. The maximum Gasteiger partial charge on any atom is 0.257 e. The lowest BCUT2D eigenvalue weighted by molar-refractivity contribution is 0.329. The molecule has 0 aliphatic heterocycles. The summed E-state index contributed by atoms with van der Waals surface area (Å²) in [4.78, 5) is 4.52. The summed E-state index contributed by atoms with van der Waals surface area (Å²) >= 11 is 0. The Morgan fingerprint density at radius 3 is 2.50 bits per heavy atom. The van der Waals surface area contributed by atoms with Crippen LogP contribution in [-0.2, 0) is 0 Å². The topological polar surface area (TPSA) is 62.7 Å². The molecule has 1 aliphatic carbocycles. The average Bonchev–Trinajstić information content (AvgIpc) is 2.98. The lowest BCUT2D eigenvalue weighted by Crippen LogP contribution is -2.11. The highest BCUT2D eigenvalue weighted by molar-refractivity contribution is 5.54. The molecule has 1 saturated carbocycles. The molecule has 0 amide bonds. The Morgan fingerprint density at radius 1 is 1.15 bits per heavy atom. The minimum Gasteiger partial charge on any atom is -0.334 e. The summed E-state index contributed by atoms with van der Waals surface area (Å²) in [6, 6.07) is 9.32. The first-order chi connectivity index (χ1) is 9.76. The van der Waals surface area contributed by atoms with Crippen LogP contribution in [0.2, 0.25) is 0 Å². The molecule has 0 saturated heterocycles. The molecule has 0 radical (unpaired) electrons. The SMILES string of the molecule is CC1CCC(c2noc(-c3ccc(C#N)cc3)n2)CC1. The van der Waals surface area contributed by atoms with Crippen molar-refractivity contribution in [2.45, 2.75) is 38.5 Å². The van der Waals surface area contributed by atoms with Crippen molar-refractivity contribution in [1.82, 2.24) is 10.1 Å². The van der Waals surface area contributed by atoms with Crippen molar-refractivity contribution in [2.75, 3.05) is 0 Å². The van der Waals surface area contributed by atoms with Crippen molar-refractivity contribution in [2.24, 2.45) is 5.92 Å². The molecule has 102 valence electrons. The predicted octanol–water partition coefficient (Wildman–Crippen LogP) is 3.90. The Bertz CT molecular complexity index is 616. The van der Waals surface area contributed by atoms with Crippen LogP contribution in [0, 0.1) is 17.2 Å². The van der Waals surface area contributed by atoms with Gasteiger partial charge in [0, 0.05) is 11.5 Å². The highest BCUT2D eigenvalue weighted by Gasteiger charge is 2.24. The maximum absolute atomic E-state index is 8.79. The Kier molecular flexibility index (Phi) is 3.51. The van der Waals surface area contributed by atoms with Gasteiger partial charge >= 0.3 is 0 Å². The number of nitrogens with zero attached hydrogens (tertiary/aromatic N) is 3. The molecule has 0 N–H and O–H groups in total. The van der Waals surface area contributed by atoms with Gasteiger partial charge in [-0.05, 0) is 43.0 Å². The second kappa shape index (κ2) is 5.46. The first-order valence-corrected chi connectivity index (χ1v) is 7.10. The molecule has 1 aromatic heterocycles. The lowest BCUT2D eigenvalue weighted by atomic mass is 9.83. The minimum absolute atomic E-state index is 0.432. The molecule has 3 rings (SSSR count). The molecule has 4 heteroatoms. The molecule has 20 heavy (non-hydrogen) atoms. The van der Waals surface area contributed by atoms with Gasteiger partial charge in [-0.15, -0.1) is 0 Å². The monoisotopic (exact) mass is 267 g/mol. The molecule has 1 aromatic carbocycles. The standard InChI is InChI=1S/C16H17N3O/c1-11-2-6-13(7-3-11)15-18-16(20-19-15)14-8-4-12(10-17)5-9-14/h4-5,8-9,11,13H,2-3,6-7H2,1H3. The van der Waals surface area contributed by atoms with E-state index in [0.29, 0.717) is 17.4 Å². The van der Waals surface area contributed by atoms with Crippen LogP contribution >= 0.6 is 0 Å². The highest BCUT2D eigenvalue weighted by atomic mass is 16.5. The molecule has 1 heterocycles. The fourth-order valence-electron chi connectivity index (χ4n) is 2.72. The molecule has 4 nitrogen and oxygen atoms in total. The quantitative estimate of drug-likeness (QED) is 0.827. The van der Waals surface area contributed by atoms with E-state index >= 15 is 0 Å². The number of hydrogen-bond acceptors (Lipinski definition) is 4. The van der Waals surface area contributed by atoms with Gasteiger partial charge in [-0.25, -0.2) is 0 Å². The van der Waals surface area contributed by atoms with E-state index in [9.17, 15) is 0 Å². The zero-order valence-electron chi connectivity index (χ0n) is 11.5. The summed E-state index contributed by atoms with van der Waals surface area (Å²) in [5.74, 6) is 2.62. The number of benzene rings is 1. The van der Waals surface area contributed by atoms with Gasteiger partial charge in [-0.2, -0.15) is 10.2 Å². The van der Waals surface area contributed by atoms with Crippen LogP contribution in [0.5, 0.6) is 0 Å². The van der Waals surface area contributed by atoms with Crippen LogP contribution in [0.15, 0.2) is 28.8 Å². The van der Waals surface area contributed by atoms with Crippen molar-refractivity contribution in [3.63, 3.8) is 0 Å². The van der Waals surface area contributed by atoms with E-state index in [1.54, 1.807) is 12.1 Å². The molecule has 2 aromatic rings. The van der Waals surface area contributed by atoms with Gasteiger partial charge in [0.15, 0.2) is 5.82 Å². The zero-order chi connectivity index (χ0) is 13.9. The zero-order valence-corrected chi connectivity index (χ0v) is 11.5. The molecular formula is C16H17N3O. The fraction of sp³-hybridized carbons (Fsp3) is 0.438. The van der Waals surface area contributed by atoms with Crippen molar-refractivity contribution in [1.29, 1.82) is 5.26 Å². The van der Waals surface area contributed by atoms with Crippen LogP contribution < -0.4 is 0 Å². The number of aromatic nitrogens is 2. The average molecular weight is 267 g/mol. The van der Waals surface area contributed by atoms with E-state index in [2.05, 4.69) is 23.1 Å². The van der Waals surface area contributed by atoms with Crippen molar-refractivity contribution >= 4 is 0 Å². The molecule has 0 spiro atoms. The smallest absolute Gasteiger partial charge is 0.257 e. The minimum atomic E-state index is 0.432. The third kappa shape index (κ3) is 2.57. The van der Waals surface area contributed by atoms with Crippen LogP contribution in [0.25, 0.3) is 11.5 Å². The van der Waals surface area contributed by atoms with Gasteiger partial charge in [0.1, 0.15) is 0 Å². The Hall–Kier alpha value is -2.15. The molecular weight excluding hydrogens is 250 g/mol. The van der Waals surface area contributed by atoms with Crippen molar-refractivity contribution < 1.29 is 4.52 Å². The number of nitriles is 1. The van der Waals surface area contributed by atoms with Crippen LogP contribution in [0.4, 0.5) is 0 Å². The predicted molar refractivity (Wildman–Crippen MR) is 74.8 cm³/mol. The summed E-state index contributed by atoms with van der Waals surface area (Å²) in [6.45, 7) is 2.30. The second-order valence-corrected chi connectivity index (χ2v) is 5.60. The maximum atomic E-state index is 8.79. The second-order valence-electron chi connectivity index (χ2n) is 5.60. The third-order valence-corrected chi connectivity index (χ3v) is 4.08. The highest BCUT2D eigenvalue weighted by Crippen LogP contribution is 2.34. The first kappa shape index (κ1) is 12.9. The van der Waals surface area contributed by atoms with E-state index in [0.717, 1.165) is 30.1 Å². The number of hydrogen-bond donors (Lipinski definition) is 0. The van der Waals surface area contributed by atoms with Crippen molar-refractivity contribution in [3.05, 3.63) is 35.7 Å². The van der Waals surface area contributed by atoms with Gasteiger partial charge < -0.3 is 4.52 Å². The van der Waals surface area contributed by atoms with E-state index in [-0.39, 0.29) is 0 Å². The Labute approximate surface area is 118 Å². The summed E-state index contributed by atoms with van der Waals surface area (Å²) in [5.41, 5.74) is 1.50. The Morgan fingerprint density at radius 2 is 1.85 bits per heavy atom. The van der Waals surface area contributed by atoms with Gasteiger partial charge in [0.05, 0.1) is 11.6 Å². The van der Waals surface area contributed by atoms with E-state index < -0.39 is 0 Å². The van der Waals surface area contributed by atoms with Gasteiger partial charge in [0.2, 0.25) is 0 Å². The summed E-state index contributed by atoms with van der Waals surface area (Å²) in [7, 11) is 0. The first-order valence-electron chi connectivity index (χ1n) is 7.10. The largest absolute Gasteiger partial charge is 0.334 e. The van der Waals surface area contributed by atoms with E-state index in [1.807, 2.05) is 12.1 Å². The van der Waals surface area contributed by atoms with E-state index in [1.165, 1.54) is 12.8 Å². The summed E-state index contributed by atoms with van der Waals surface area (Å²) < 4.78 is 5.36. The summed E-state index contributed by atoms with van der Waals surface area (Å²) in [5, 5.41) is 12.9. The van der Waals surface area contributed by atoms with Gasteiger partial charge in [-0.3, -0.25) is 0 Å². The van der Waals surface area contributed by atoms with Gasteiger partial charge in [0.25, 0.3) is 5.89 Å². The molecule has 0 unspecified atom stereocenters. The Balaban J connectivity index is 1.77. The molecule has 0 bridgehead atoms. The van der Waals surface area contributed by atoms with Crippen LogP contribution in [-0.4, -0.2) is 10.1 Å². The van der Waals surface area contributed by atoms with Crippen LogP contribution in [0.3, 0.4) is 0 Å². The normalized spacial score (nSPS) is 22.4. The summed E-state index contributed by atoms with van der Waals surface area (Å²) in [6.07, 6.45) is 4.78. The van der Waals surface area contributed by atoms with E-state index in [4.69, 9.17) is 9.78 Å². The third-order valence-electron chi connectivity index (χ3n) is 4.08. The van der Waals surface area contributed by atoms with Gasteiger partial charge in [-0.1, -0.05) is 24.9 Å². The van der Waals surface area contributed by atoms with Crippen molar-refractivity contribution in [3.8, 4) is 17.5 Å². The van der Waals surface area contributed by atoms with Crippen LogP contribution in [0.1, 0.15) is 49.9 Å². The lowest BCUT2D eigenvalue weighted by Gasteiger charge is -2.23. The molecule has 1 fully saturated rings. The fourth-order valence-corrected chi connectivity index (χ4v) is 2.72.